The SMILES string of the molecule is CC(n1c(N)nc2cc(Br)ccc21)C(C)(C)C. The Hall–Kier alpha value is -1.03. The van der Waals surface area contributed by atoms with Crippen LogP contribution in [0.2, 0.25) is 0 Å². The quantitative estimate of drug-likeness (QED) is 0.864. The third-order valence-corrected chi connectivity index (χ3v) is 3.81. The van der Waals surface area contributed by atoms with Crippen molar-refractivity contribution in [2.75, 3.05) is 5.73 Å². The highest BCUT2D eigenvalue weighted by Gasteiger charge is 2.25. The van der Waals surface area contributed by atoms with Crippen molar-refractivity contribution in [3.8, 4) is 0 Å². The summed E-state index contributed by atoms with van der Waals surface area (Å²) < 4.78 is 3.14. The standard InChI is InChI=1S/C13H18BrN3/c1-8(13(2,3)4)17-11-6-5-9(14)7-10(11)16-12(17)15/h5-8H,1-4H3,(H2,15,16). The van der Waals surface area contributed by atoms with Crippen LogP contribution in [0.4, 0.5) is 5.95 Å². The number of nitrogens with two attached hydrogens (primary N) is 1. The molecule has 2 aromatic rings. The van der Waals surface area contributed by atoms with Gasteiger partial charge in [-0.25, -0.2) is 4.98 Å². The van der Waals surface area contributed by atoms with E-state index >= 15 is 0 Å². The van der Waals surface area contributed by atoms with E-state index in [4.69, 9.17) is 5.73 Å². The van der Waals surface area contributed by atoms with E-state index in [2.05, 4.69) is 59.2 Å². The van der Waals surface area contributed by atoms with Crippen LogP contribution in [0, 0.1) is 5.41 Å². The van der Waals surface area contributed by atoms with Crippen LogP contribution in [0.1, 0.15) is 33.7 Å². The van der Waals surface area contributed by atoms with Crippen molar-refractivity contribution >= 4 is 32.9 Å². The van der Waals surface area contributed by atoms with Crippen molar-refractivity contribution in [1.82, 2.24) is 9.55 Å². The van der Waals surface area contributed by atoms with Gasteiger partial charge in [0.25, 0.3) is 0 Å². The summed E-state index contributed by atoms with van der Waals surface area (Å²) in [7, 11) is 0. The van der Waals surface area contributed by atoms with Gasteiger partial charge in [0, 0.05) is 10.5 Å². The van der Waals surface area contributed by atoms with Crippen LogP contribution >= 0.6 is 15.9 Å². The number of hydrogen-bond donors (Lipinski definition) is 1. The number of benzene rings is 1. The Morgan fingerprint density at radius 1 is 1.35 bits per heavy atom. The van der Waals surface area contributed by atoms with E-state index in [1.165, 1.54) is 0 Å². The van der Waals surface area contributed by atoms with Gasteiger partial charge in [-0.15, -0.1) is 0 Å². The number of nitrogens with zero attached hydrogens (tertiary/aromatic N) is 2. The summed E-state index contributed by atoms with van der Waals surface area (Å²) in [6, 6.07) is 6.38. The molecule has 0 saturated carbocycles. The number of hydrogen-bond acceptors (Lipinski definition) is 2. The minimum absolute atomic E-state index is 0.148. The smallest absolute Gasteiger partial charge is 0.201 e. The lowest BCUT2D eigenvalue weighted by molar-refractivity contribution is 0.270. The lowest BCUT2D eigenvalue weighted by atomic mass is 9.88. The van der Waals surface area contributed by atoms with Crippen LogP contribution in [0.25, 0.3) is 11.0 Å². The number of rotatable bonds is 1. The Kier molecular flexibility index (Phi) is 2.94. The molecule has 4 heteroatoms. The number of imidazole rings is 1. The zero-order chi connectivity index (χ0) is 12.8. The fraction of sp³-hybridized carbons (Fsp3) is 0.462. The molecule has 0 aliphatic rings. The van der Waals surface area contributed by atoms with Crippen LogP contribution in [0.3, 0.4) is 0 Å². The van der Waals surface area contributed by atoms with Crippen molar-refractivity contribution < 1.29 is 0 Å². The highest BCUT2D eigenvalue weighted by atomic mass is 79.9. The van der Waals surface area contributed by atoms with Gasteiger partial charge in [-0.2, -0.15) is 0 Å². The number of anilines is 1. The maximum atomic E-state index is 6.04. The van der Waals surface area contributed by atoms with Gasteiger partial charge in [-0.1, -0.05) is 36.7 Å². The summed E-state index contributed by atoms with van der Waals surface area (Å²) >= 11 is 3.45. The predicted octanol–water partition coefficient (Wildman–Crippen LogP) is 3.99. The molecule has 2 rings (SSSR count). The monoisotopic (exact) mass is 295 g/mol. The molecule has 0 bridgehead atoms. The Bertz CT molecular complexity index is 552. The lowest BCUT2D eigenvalue weighted by Gasteiger charge is -2.29. The van der Waals surface area contributed by atoms with Crippen molar-refractivity contribution in [1.29, 1.82) is 0 Å². The maximum absolute atomic E-state index is 6.04. The molecule has 0 fully saturated rings. The van der Waals surface area contributed by atoms with Gasteiger partial charge in [-0.05, 0) is 30.5 Å². The molecule has 1 heterocycles. The molecule has 0 amide bonds. The third kappa shape index (κ3) is 2.18. The van der Waals surface area contributed by atoms with E-state index in [0.29, 0.717) is 12.0 Å². The summed E-state index contributed by atoms with van der Waals surface area (Å²) in [5.41, 5.74) is 8.21. The third-order valence-electron chi connectivity index (χ3n) is 3.32. The topological polar surface area (TPSA) is 43.8 Å². The Balaban J connectivity index is 2.65. The molecule has 1 aromatic heterocycles. The summed E-state index contributed by atoms with van der Waals surface area (Å²) in [4.78, 5) is 4.42. The van der Waals surface area contributed by atoms with E-state index in [1.807, 2.05) is 12.1 Å². The van der Waals surface area contributed by atoms with E-state index in [-0.39, 0.29) is 5.41 Å². The van der Waals surface area contributed by atoms with E-state index in [1.54, 1.807) is 0 Å². The lowest BCUT2D eigenvalue weighted by Crippen LogP contribution is -2.22. The summed E-state index contributed by atoms with van der Waals surface area (Å²) in [6.45, 7) is 8.81. The second-order valence-electron chi connectivity index (χ2n) is 5.52. The molecular formula is C13H18BrN3. The molecule has 0 aliphatic heterocycles. The Morgan fingerprint density at radius 3 is 2.59 bits per heavy atom. The summed E-state index contributed by atoms with van der Waals surface area (Å²) in [6.07, 6.45) is 0. The zero-order valence-electron chi connectivity index (χ0n) is 10.7. The molecule has 3 nitrogen and oxygen atoms in total. The Labute approximate surface area is 110 Å². The van der Waals surface area contributed by atoms with Gasteiger partial charge in [0.2, 0.25) is 5.95 Å². The average molecular weight is 296 g/mol. The van der Waals surface area contributed by atoms with Crippen LogP contribution in [0.5, 0.6) is 0 Å². The van der Waals surface area contributed by atoms with Crippen LogP contribution in [-0.2, 0) is 0 Å². The molecule has 92 valence electrons. The molecule has 0 saturated heterocycles. The van der Waals surface area contributed by atoms with Crippen molar-refractivity contribution in [3.05, 3.63) is 22.7 Å². The number of halogens is 1. The van der Waals surface area contributed by atoms with E-state index in [0.717, 1.165) is 15.5 Å². The molecule has 17 heavy (non-hydrogen) atoms. The summed E-state index contributed by atoms with van der Waals surface area (Å²) in [5.74, 6) is 0.584. The first-order valence-electron chi connectivity index (χ1n) is 5.73. The molecule has 1 atom stereocenters. The second kappa shape index (κ2) is 4.02. The van der Waals surface area contributed by atoms with Gasteiger partial charge >= 0.3 is 0 Å². The molecule has 1 aromatic carbocycles. The molecular weight excluding hydrogens is 278 g/mol. The van der Waals surface area contributed by atoms with Gasteiger partial charge in [0.1, 0.15) is 0 Å². The van der Waals surface area contributed by atoms with Crippen molar-refractivity contribution in [3.63, 3.8) is 0 Å². The van der Waals surface area contributed by atoms with E-state index in [9.17, 15) is 0 Å². The first kappa shape index (κ1) is 12.4. The normalized spacial score (nSPS) is 14.2. The van der Waals surface area contributed by atoms with Crippen molar-refractivity contribution in [2.24, 2.45) is 5.41 Å². The number of fused-ring (bicyclic) bond motifs is 1. The molecule has 0 aliphatic carbocycles. The molecule has 2 N–H and O–H groups in total. The van der Waals surface area contributed by atoms with Gasteiger partial charge in [0.05, 0.1) is 11.0 Å². The minimum Gasteiger partial charge on any atom is -0.369 e. The van der Waals surface area contributed by atoms with Gasteiger partial charge < -0.3 is 10.3 Å². The van der Waals surface area contributed by atoms with Crippen LogP contribution < -0.4 is 5.73 Å². The Morgan fingerprint density at radius 2 is 2.00 bits per heavy atom. The van der Waals surface area contributed by atoms with Gasteiger partial charge in [0.15, 0.2) is 0 Å². The van der Waals surface area contributed by atoms with Crippen LogP contribution in [0.15, 0.2) is 22.7 Å². The zero-order valence-corrected chi connectivity index (χ0v) is 12.2. The van der Waals surface area contributed by atoms with E-state index < -0.39 is 0 Å². The van der Waals surface area contributed by atoms with Gasteiger partial charge in [-0.3, -0.25) is 0 Å². The highest BCUT2D eigenvalue weighted by molar-refractivity contribution is 9.10. The largest absolute Gasteiger partial charge is 0.369 e. The average Bonchev–Trinajstić information content (AvgIpc) is 2.50. The second-order valence-corrected chi connectivity index (χ2v) is 6.43. The predicted molar refractivity (Wildman–Crippen MR) is 76.0 cm³/mol. The highest BCUT2D eigenvalue weighted by Crippen LogP contribution is 2.35. The minimum atomic E-state index is 0.148. The first-order chi connectivity index (χ1) is 7.80. The molecule has 0 radical (unpaired) electrons. The van der Waals surface area contributed by atoms with Crippen molar-refractivity contribution in [2.45, 2.75) is 33.7 Å². The number of nitrogen functional groups attached to an aromatic ring is 1. The van der Waals surface area contributed by atoms with Crippen LogP contribution in [-0.4, -0.2) is 9.55 Å². The number of aromatic nitrogens is 2. The molecule has 0 spiro atoms. The first-order valence-corrected chi connectivity index (χ1v) is 6.53. The fourth-order valence-corrected chi connectivity index (χ4v) is 2.23. The maximum Gasteiger partial charge on any atom is 0.201 e. The summed E-state index contributed by atoms with van der Waals surface area (Å²) in [5, 5.41) is 0. The molecule has 1 unspecified atom stereocenters. The fourth-order valence-electron chi connectivity index (χ4n) is 1.88.